The highest BCUT2D eigenvalue weighted by atomic mass is 32.2. The van der Waals surface area contributed by atoms with E-state index in [-0.39, 0.29) is 17.5 Å². The Morgan fingerprint density at radius 1 is 1.11 bits per heavy atom. The van der Waals surface area contributed by atoms with Crippen LogP contribution < -0.4 is 15.5 Å². The number of aryl methyl sites for hydroxylation is 1. The second-order valence-corrected chi connectivity index (χ2v) is 9.56. The molecule has 7 nitrogen and oxygen atoms in total. The van der Waals surface area contributed by atoms with Crippen molar-refractivity contribution in [3.05, 3.63) is 36.0 Å². The third-order valence-corrected chi connectivity index (χ3v) is 6.80. The third-order valence-electron chi connectivity index (χ3n) is 5.03. The van der Waals surface area contributed by atoms with Gasteiger partial charge in [-0.25, -0.2) is 13.4 Å². The van der Waals surface area contributed by atoms with Gasteiger partial charge >= 0.3 is 0 Å². The van der Waals surface area contributed by atoms with Gasteiger partial charge in [0.1, 0.15) is 5.82 Å². The molecule has 1 aromatic heterocycles. The van der Waals surface area contributed by atoms with Gasteiger partial charge in [0, 0.05) is 42.3 Å². The average Bonchev–Trinajstić information content (AvgIpc) is 3.25. The molecule has 1 unspecified atom stereocenters. The predicted octanol–water partition coefficient (Wildman–Crippen LogP) is 2.73. The number of nitrogens with one attached hydrogen (secondary N) is 2. The summed E-state index contributed by atoms with van der Waals surface area (Å²) in [5.41, 5.74) is 3.00. The fourth-order valence-electron chi connectivity index (χ4n) is 3.68. The van der Waals surface area contributed by atoms with Crippen molar-refractivity contribution in [2.24, 2.45) is 0 Å². The zero-order chi connectivity index (χ0) is 18.9. The lowest BCUT2D eigenvalue weighted by Gasteiger charge is -2.18. The van der Waals surface area contributed by atoms with Gasteiger partial charge in [0.2, 0.25) is 5.95 Å². The maximum Gasteiger partial charge on any atom is 0.229 e. The van der Waals surface area contributed by atoms with Gasteiger partial charge in [0.05, 0.1) is 11.5 Å². The van der Waals surface area contributed by atoms with Crippen LogP contribution in [0.3, 0.4) is 0 Å². The van der Waals surface area contributed by atoms with Crippen LogP contribution in [-0.2, 0) is 9.84 Å². The number of hydrogen-bond donors (Lipinski definition) is 2. The number of rotatable bonds is 5. The molecule has 0 radical (unpaired) electrons. The van der Waals surface area contributed by atoms with Crippen LogP contribution in [0.2, 0.25) is 0 Å². The summed E-state index contributed by atoms with van der Waals surface area (Å²) in [5.74, 6) is 1.56. The van der Waals surface area contributed by atoms with Crippen molar-refractivity contribution < 1.29 is 8.42 Å². The van der Waals surface area contributed by atoms with Crippen LogP contribution in [0, 0.1) is 6.92 Å². The Kier molecular flexibility index (Phi) is 4.90. The average molecular weight is 388 g/mol. The van der Waals surface area contributed by atoms with Crippen molar-refractivity contribution in [3.8, 4) is 0 Å². The molecule has 0 aliphatic carbocycles. The molecule has 2 aromatic rings. The number of anilines is 4. The standard InChI is InChI=1S/C19H25N5O2S/c1-14-12-18(21-16-8-11-27(25,26)13-16)23-19(20-14)22-15-4-6-17(7-5-15)24-9-2-3-10-24/h4-7,12,16H,2-3,8-11,13H2,1H3,(H2,20,21,22,23). The molecule has 1 atom stereocenters. The van der Waals surface area contributed by atoms with Crippen LogP contribution in [0.25, 0.3) is 0 Å². The molecule has 8 heteroatoms. The minimum Gasteiger partial charge on any atom is -0.372 e. The molecule has 0 amide bonds. The molecule has 2 N–H and O–H groups in total. The molecule has 2 aliphatic heterocycles. The molecule has 0 bridgehead atoms. The van der Waals surface area contributed by atoms with Gasteiger partial charge in [-0.2, -0.15) is 4.98 Å². The maximum absolute atomic E-state index is 11.6. The fraction of sp³-hybridized carbons (Fsp3) is 0.474. The first-order valence-corrected chi connectivity index (χ1v) is 11.2. The molecule has 2 aliphatic rings. The molecular weight excluding hydrogens is 362 g/mol. The van der Waals surface area contributed by atoms with Gasteiger partial charge in [0.25, 0.3) is 0 Å². The lowest BCUT2D eigenvalue weighted by molar-refractivity contribution is 0.602. The van der Waals surface area contributed by atoms with Crippen LogP contribution in [0.1, 0.15) is 25.0 Å². The van der Waals surface area contributed by atoms with Crippen molar-refractivity contribution >= 4 is 33.0 Å². The van der Waals surface area contributed by atoms with E-state index >= 15 is 0 Å². The second-order valence-electron chi connectivity index (χ2n) is 7.33. The van der Waals surface area contributed by atoms with Crippen molar-refractivity contribution in [2.75, 3.05) is 40.1 Å². The summed E-state index contributed by atoms with van der Waals surface area (Å²) in [4.78, 5) is 11.3. The Morgan fingerprint density at radius 2 is 1.85 bits per heavy atom. The number of sulfone groups is 1. The first-order valence-electron chi connectivity index (χ1n) is 9.42. The van der Waals surface area contributed by atoms with E-state index in [1.54, 1.807) is 0 Å². The maximum atomic E-state index is 11.6. The first kappa shape index (κ1) is 18.0. The molecule has 2 fully saturated rings. The van der Waals surface area contributed by atoms with E-state index in [2.05, 4.69) is 37.6 Å². The highest BCUT2D eigenvalue weighted by molar-refractivity contribution is 7.91. The molecule has 0 saturated carbocycles. The number of benzene rings is 1. The largest absolute Gasteiger partial charge is 0.372 e. The molecule has 0 spiro atoms. The van der Waals surface area contributed by atoms with E-state index in [9.17, 15) is 8.42 Å². The predicted molar refractivity (Wildman–Crippen MR) is 109 cm³/mol. The van der Waals surface area contributed by atoms with Crippen molar-refractivity contribution in [3.63, 3.8) is 0 Å². The minimum absolute atomic E-state index is 0.0862. The Hall–Kier alpha value is -2.35. The Balaban J connectivity index is 1.45. The summed E-state index contributed by atoms with van der Waals surface area (Å²) in [6, 6.07) is 10.1. The van der Waals surface area contributed by atoms with Crippen LogP contribution in [0.15, 0.2) is 30.3 Å². The van der Waals surface area contributed by atoms with Crippen molar-refractivity contribution in [1.29, 1.82) is 0 Å². The Bertz CT molecular complexity index is 908. The summed E-state index contributed by atoms with van der Waals surface area (Å²) in [6.07, 6.45) is 3.14. The number of hydrogen-bond acceptors (Lipinski definition) is 7. The Morgan fingerprint density at radius 3 is 2.52 bits per heavy atom. The molecule has 4 rings (SSSR count). The molecule has 1 aromatic carbocycles. The highest BCUT2D eigenvalue weighted by Crippen LogP contribution is 2.24. The monoisotopic (exact) mass is 387 g/mol. The summed E-state index contributed by atoms with van der Waals surface area (Å²) < 4.78 is 23.3. The highest BCUT2D eigenvalue weighted by Gasteiger charge is 2.28. The smallest absolute Gasteiger partial charge is 0.229 e. The van der Waals surface area contributed by atoms with Crippen LogP contribution in [0.4, 0.5) is 23.1 Å². The van der Waals surface area contributed by atoms with Gasteiger partial charge in [-0.05, 0) is 50.5 Å². The second kappa shape index (κ2) is 7.34. The normalized spacial score (nSPS) is 21.4. The fourth-order valence-corrected chi connectivity index (χ4v) is 5.35. The van der Waals surface area contributed by atoms with E-state index in [0.29, 0.717) is 18.2 Å². The SMILES string of the molecule is Cc1cc(NC2CCS(=O)(=O)C2)nc(Nc2ccc(N3CCCC3)cc2)n1. The quantitative estimate of drug-likeness (QED) is 0.816. The molecule has 3 heterocycles. The van der Waals surface area contributed by atoms with Gasteiger partial charge in [-0.3, -0.25) is 0 Å². The van der Waals surface area contributed by atoms with Gasteiger partial charge < -0.3 is 15.5 Å². The summed E-state index contributed by atoms with van der Waals surface area (Å²) in [5, 5.41) is 6.48. The van der Waals surface area contributed by atoms with Gasteiger partial charge in [0.15, 0.2) is 9.84 Å². The zero-order valence-corrected chi connectivity index (χ0v) is 16.3. The topological polar surface area (TPSA) is 87.2 Å². The summed E-state index contributed by atoms with van der Waals surface area (Å²) in [7, 11) is -2.92. The Labute approximate surface area is 160 Å². The minimum atomic E-state index is -2.92. The number of nitrogens with zero attached hydrogens (tertiary/aromatic N) is 3. The lowest BCUT2D eigenvalue weighted by atomic mass is 10.2. The summed E-state index contributed by atoms with van der Waals surface area (Å²) >= 11 is 0. The van der Waals surface area contributed by atoms with E-state index in [0.717, 1.165) is 24.5 Å². The van der Waals surface area contributed by atoms with Gasteiger partial charge in [-0.1, -0.05) is 0 Å². The van der Waals surface area contributed by atoms with Crippen LogP contribution >= 0.6 is 0 Å². The zero-order valence-electron chi connectivity index (χ0n) is 15.5. The van der Waals surface area contributed by atoms with Crippen molar-refractivity contribution in [1.82, 2.24) is 9.97 Å². The summed E-state index contributed by atoms with van der Waals surface area (Å²) in [6.45, 7) is 4.15. The van der Waals surface area contributed by atoms with E-state index in [1.807, 2.05) is 25.1 Å². The number of aromatic nitrogens is 2. The van der Waals surface area contributed by atoms with Gasteiger partial charge in [-0.15, -0.1) is 0 Å². The first-order chi connectivity index (χ1) is 13.0. The van der Waals surface area contributed by atoms with E-state index in [4.69, 9.17) is 0 Å². The van der Waals surface area contributed by atoms with E-state index < -0.39 is 9.84 Å². The molecule has 2 saturated heterocycles. The van der Waals surface area contributed by atoms with Crippen LogP contribution in [0.5, 0.6) is 0 Å². The molecule has 27 heavy (non-hydrogen) atoms. The molecular formula is C19H25N5O2S. The van der Waals surface area contributed by atoms with Crippen molar-refractivity contribution in [2.45, 2.75) is 32.2 Å². The third kappa shape index (κ3) is 4.50. The van der Waals surface area contributed by atoms with E-state index in [1.165, 1.54) is 18.5 Å². The molecule has 144 valence electrons. The lowest BCUT2D eigenvalue weighted by Crippen LogP contribution is -2.21. The van der Waals surface area contributed by atoms with Crippen LogP contribution in [-0.4, -0.2) is 49.0 Å².